The first-order valence-electron chi connectivity index (χ1n) is 4.23. The van der Waals surface area contributed by atoms with E-state index >= 15 is 0 Å². The van der Waals surface area contributed by atoms with Crippen molar-refractivity contribution in [1.29, 1.82) is 0 Å². The first-order valence-corrected chi connectivity index (χ1v) is 4.23. The smallest absolute Gasteiger partial charge is 0.332 e. The summed E-state index contributed by atoms with van der Waals surface area (Å²) in [6.45, 7) is -0.0702. The van der Waals surface area contributed by atoms with Crippen molar-refractivity contribution in [2.75, 3.05) is 13.7 Å². The minimum atomic E-state index is -0.566. The maximum Gasteiger partial charge on any atom is 0.332 e. The van der Waals surface area contributed by atoms with Crippen LogP contribution in [-0.4, -0.2) is 25.7 Å². The molecule has 4 heteroatoms. The molecule has 0 heterocycles. The Morgan fingerprint density at radius 2 is 1.94 bits per heavy atom. The molecule has 0 radical (unpaired) electrons. The molecule has 0 unspecified atom stereocenters. The fraction of sp³-hybridized carbons (Fsp3) is 0.167. The summed E-state index contributed by atoms with van der Waals surface area (Å²) in [5.41, 5.74) is 0. The van der Waals surface area contributed by atoms with Gasteiger partial charge < -0.3 is 9.47 Å². The average molecular weight is 218 g/mol. The Morgan fingerprint density at radius 1 is 1.25 bits per heavy atom. The average Bonchev–Trinajstić information content (AvgIpc) is 2.30. The number of esters is 2. The lowest BCUT2D eigenvalue weighted by atomic mass is 10.5. The molecule has 0 rings (SSSR count). The molecule has 4 nitrogen and oxygen atoms in total. The van der Waals surface area contributed by atoms with Crippen LogP contribution in [0.3, 0.4) is 0 Å². The standard InChI is InChI=1S/C12H10O4/c1-3-4-8-12(14)16-10-7-5-6-9-11(13)15-2/h1,4,6,8-9H,10H2,2H3/b8-4+,9-6+. The number of carbonyl (C=O) groups excluding carboxylic acids is 2. The monoisotopic (exact) mass is 218 g/mol. The summed E-state index contributed by atoms with van der Waals surface area (Å²) in [5.74, 6) is 6.07. The Kier molecular flexibility index (Phi) is 7.71. The van der Waals surface area contributed by atoms with Gasteiger partial charge in [-0.15, -0.1) is 6.42 Å². The molecule has 0 fully saturated rings. The van der Waals surface area contributed by atoms with Gasteiger partial charge in [0.2, 0.25) is 0 Å². The molecule has 82 valence electrons. The van der Waals surface area contributed by atoms with Crippen LogP contribution < -0.4 is 0 Å². The summed E-state index contributed by atoms with van der Waals surface area (Å²) in [4.78, 5) is 21.4. The van der Waals surface area contributed by atoms with Crippen LogP contribution in [0.4, 0.5) is 0 Å². The normalized spacial score (nSPS) is 9.25. The quantitative estimate of drug-likeness (QED) is 0.392. The van der Waals surface area contributed by atoms with Gasteiger partial charge in [0.05, 0.1) is 7.11 Å². The summed E-state index contributed by atoms with van der Waals surface area (Å²) in [6, 6.07) is 0. The Hall–Kier alpha value is -2.46. The van der Waals surface area contributed by atoms with Crippen molar-refractivity contribution in [1.82, 2.24) is 0 Å². The Labute approximate surface area is 93.9 Å². The van der Waals surface area contributed by atoms with Crippen LogP contribution in [0.5, 0.6) is 0 Å². The van der Waals surface area contributed by atoms with Crippen LogP contribution in [-0.2, 0) is 19.1 Å². The lowest BCUT2D eigenvalue weighted by molar-refractivity contribution is -0.136. The van der Waals surface area contributed by atoms with E-state index in [1.807, 2.05) is 0 Å². The van der Waals surface area contributed by atoms with E-state index in [2.05, 4.69) is 27.2 Å². The van der Waals surface area contributed by atoms with E-state index in [1.54, 1.807) is 0 Å². The van der Waals surface area contributed by atoms with Gasteiger partial charge in [0.15, 0.2) is 6.61 Å². The lowest BCUT2D eigenvalue weighted by Gasteiger charge is -1.91. The third-order valence-corrected chi connectivity index (χ3v) is 1.21. The minimum absolute atomic E-state index is 0.0702. The van der Waals surface area contributed by atoms with Gasteiger partial charge in [-0.25, -0.2) is 9.59 Å². The Morgan fingerprint density at radius 3 is 2.56 bits per heavy atom. The van der Waals surface area contributed by atoms with Crippen LogP contribution in [0.2, 0.25) is 0 Å². The van der Waals surface area contributed by atoms with Crippen LogP contribution in [0, 0.1) is 24.2 Å². The molecule has 0 aliphatic rings. The number of rotatable bonds is 3. The van der Waals surface area contributed by atoms with Gasteiger partial charge in [-0.05, 0) is 12.2 Å². The van der Waals surface area contributed by atoms with Crippen molar-refractivity contribution >= 4 is 11.9 Å². The summed E-state index contributed by atoms with van der Waals surface area (Å²) in [6.07, 6.45) is 9.70. The molecule has 16 heavy (non-hydrogen) atoms. The summed E-state index contributed by atoms with van der Waals surface area (Å²) < 4.78 is 8.96. The van der Waals surface area contributed by atoms with E-state index in [4.69, 9.17) is 6.42 Å². The molecule has 0 aliphatic carbocycles. The van der Waals surface area contributed by atoms with Gasteiger partial charge in [0.25, 0.3) is 0 Å². The van der Waals surface area contributed by atoms with Crippen molar-refractivity contribution in [3.05, 3.63) is 24.3 Å². The fourth-order valence-electron chi connectivity index (χ4n) is 0.550. The van der Waals surface area contributed by atoms with Crippen molar-refractivity contribution in [2.24, 2.45) is 0 Å². The van der Waals surface area contributed by atoms with Crippen molar-refractivity contribution in [3.8, 4) is 24.2 Å². The number of ether oxygens (including phenoxy) is 2. The Balaban J connectivity index is 3.83. The first-order chi connectivity index (χ1) is 7.70. The van der Waals surface area contributed by atoms with Gasteiger partial charge in [-0.1, -0.05) is 17.8 Å². The molecule has 0 aromatic rings. The third kappa shape index (κ3) is 8.15. The molecule has 0 amide bonds. The van der Waals surface area contributed by atoms with Crippen molar-refractivity contribution in [3.63, 3.8) is 0 Å². The van der Waals surface area contributed by atoms with Crippen molar-refractivity contribution < 1.29 is 19.1 Å². The number of carbonyl (C=O) groups is 2. The number of allylic oxidation sites excluding steroid dienone is 2. The number of methoxy groups -OCH3 is 1. The second-order valence-electron chi connectivity index (χ2n) is 2.29. The van der Waals surface area contributed by atoms with E-state index in [-0.39, 0.29) is 6.61 Å². The maximum absolute atomic E-state index is 10.8. The van der Waals surface area contributed by atoms with Gasteiger partial charge in [0.1, 0.15) is 0 Å². The molecular formula is C12H10O4. The molecule has 0 aliphatic heterocycles. The highest BCUT2D eigenvalue weighted by molar-refractivity contribution is 5.83. The summed E-state index contributed by atoms with van der Waals surface area (Å²) >= 11 is 0. The molecule has 0 atom stereocenters. The summed E-state index contributed by atoms with van der Waals surface area (Å²) in [7, 11) is 1.26. The molecule has 0 aromatic heterocycles. The van der Waals surface area contributed by atoms with E-state index < -0.39 is 11.9 Å². The lowest BCUT2D eigenvalue weighted by Crippen LogP contribution is -1.99. The van der Waals surface area contributed by atoms with Crippen LogP contribution in [0.25, 0.3) is 0 Å². The largest absolute Gasteiger partial charge is 0.466 e. The van der Waals surface area contributed by atoms with Gasteiger partial charge in [-0.2, -0.15) is 0 Å². The SMILES string of the molecule is C#C/C=C/C(=O)OCC#C/C=C/C(=O)OC. The highest BCUT2D eigenvalue weighted by atomic mass is 16.5. The van der Waals surface area contributed by atoms with E-state index in [0.717, 1.165) is 12.2 Å². The molecule has 0 saturated heterocycles. The highest BCUT2D eigenvalue weighted by Crippen LogP contribution is 1.80. The predicted molar refractivity (Wildman–Crippen MR) is 57.9 cm³/mol. The fourth-order valence-corrected chi connectivity index (χ4v) is 0.550. The molecule has 0 bridgehead atoms. The number of hydrogen-bond donors (Lipinski definition) is 0. The van der Waals surface area contributed by atoms with Gasteiger partial charge >= 0.3 is 11.9 Å². The topological polar surface area (TPSA) is 52.6 Å². The van der Waals surface area contributed by atoms with Gasteiger partial charge in [0, 0.05) is 12.2 Å². The highest BCUT2D eigenvalue weighted by Gasteiger charge is 1.91. The van der Waals surface area contributed by atoms with E-state index in [1.165, 1.54) is 19.3 Å². The van der Waals surface area contributed by atoms with Gasteiger partial charge in [-0.3, -0.25) is 0 Å². The molecule has 0 saturated carbocycles. The molecule has 0 spiro atoms. The van der Waals surface area contributed by atoms with Crippen LogP contribution in [0.1, 0.15) is 0 Å². The summed E-state index contributed by atoms with van der Waals surface area (Å²) in [5, 5.41) is 0. The zero-order chi connectivity index (χ0) is 12.2. The first kappa shape index (κ1) is 13.5. The number of terminal acetylenes is 1. The number of hydrogen-bond acceptors (Lipinski definition) is 4. The molecule has 0 N–H and O–H groups in total. The minimum Gasteiger partial charge on any atom is -0.466 e. The Bertz CT molecular complexity index is 399. The van der Waals surface area contributed by atoms with Crippen LogP contribution in [0.15, 0.2) is 24.3 Å². The third-order valence-electron chi connectivity index (χ3n) is 1.21. The van der Waals surface area contributed by atoms with Crippen molar-refractivity contribution in [2.45, 2.75) is 0 Å². The second kappa shape index (κ2) is 9.11. The van der Waals surface area contributed by atoms with E-state index in [0.29, 0.717) is 0 Å². The second-order valence-corrected chi connectivity index (χ2v) is 2.29. The molecular weight excluding hydrogens is 208 g/mol. The maximum atomic E-state index is 10.8. The molecule has 0 aromatic carbocycles. The predicted octanol–water partition coefficient (Wildman–Crippen LogP) is 0.452. The van der Waals surface area contributed by atoms with Crippen LogP contribution >= 0.6 is 0 Å². The zero-order valence-electron chi connectivity index (χ0n) is 8.73. The van der Waals surface area contributed by atoms with E-state index in [9.17, 15) is 9.59 Å². The zero-order valence-corrected chi connectivity index (χ0v) is 8.73.